The van der Waals surface area contributed by atoms with Crippen molar-refractivity contribution < 1.29 is 9.53 Å². The van der Waals surface area contributed by atoms with Gasteiger partial charge >= 0.3 is 5.97 Å². The number of aryl methyl sites for hydroxylation is 1. The van der Waals surface area contributed by atoms with Crippen LogP contribution in [0, 0.1) is 6.92 Å². The first-order chi connectivity index (χ1) is 8.58. The molecule has 96 valence electrons. The fraction of sp³-hybridized carbons (Fsp3) is 0.214. The minimum absolute atomic E-state index is 0.0846. The van der Waals surface area contributed by atoms with Crippen LogP contribution in [0.15, 0.2) is 42.0 Å². The lowest BCUT2D eigenvalue weighted by Crippen LogP contribution is -2.05. The molecule has 0 saturated heterocycles. The average Bonchev–Trinajstić information content (AvgIpc) is 2.39. The third-order valence-corrected chi connectivity index (χ3v) is 2.98. The molecule has 0 aliphatic carbocycles. The van der Waals surface area contributed by atoms with Gasteiger partial charge in [-0.3, -0.25) is 0 Å². The number of allylic oxidation sites excluding steroid dienone is 2. The molecule has 1 aromatic rings. The van der Waals surface area contributed by atoms with E-state index in [0.29, 0.717) is 10.6 Å². The quantitative estimate of drug-likeness (QED) is 0.363. The summed E-state index contributed by atoms with van der Waals surface area (Å²) in [5, 5.41) is 0.543. The van der Waals surface area contributed by atoms with Crippen LogP contribution in [-0.4, -0.2) is 19.0 Å². The van der Waals surface area contributed by atoms with Gasteiger partial charge in [-0.15, -0.1) is 11.6 Å². The van der Waals surface area contributed by atoms with Crippen LogP contribution >= 0.6 is 23.2 Å². The van der Waals surface area contributed by atoms with Crippen molar-refractivity contribution in [2.75, 3.05) is 13.0 Å². The molecule has 0 fully saturated rings. The van der Waals surface area contributed by atoms with Crippen LogP contribution in [0.2, 0.25) is 0 Å². The van der Waals surface area contributed by atoms with E-state index in [4.69, 9.17) is 23.2 Å². The van der Waals surface area contributed by atoms with Gasteiger partial charge in [0.25, 0.3) is 0 Å². The zero-order valence-corrected chi connectivity index (χ0v) is 11.8. The molecule has 0 radical (unpaired) electrons. The molecule has 0 aliphatic rings. The summed E-state index contributed by atoms with van der Waals surface area (Å²) in [7, 11) is 1.31. The number of hydrogen-bond acceptors (Lipinski definition) is 2. The molecule has 0 amide bonds. The number of carbonyl (C=O) groups excluding carboxylic acids is 1. The van der Waals surface area contributed by atoms with E-state index in [1.807, 2.05) is 31.2 Å². The number of ether oxygens (including phenoxy) is 1. The monoisotopic (exact) mass is 284 g/mol. The first kappa shape index (κ1) is 14.8. The molecule has 0 N–H and O–H groups in total. The van der Waals surface area contributed by atoms with Crippen molar-refractivity contribution in [1.82, 2.24) is 0 Å². The number of benzene rings is 1. The molecule has 1 rings (SSSR count). The Kier molecular flexibility index (Phi) is 5.96. The number of carbonyl (C=O) groups is 1. The number of rotatable bonds is 4. The molecule has 0 heterocycles. The van der Waals surface area contributed by atoms with Crippen LogP contribution in [0.3, 0.4) is 0 Å². The first-order valence-corrected chi connectivity index (χ1v) is 6.27. The first-order valence-electron chi connectivity index (χ1n) is 5.36. The van der Waals surface area contributed by atoms with Crippen LogP contribution in [0.4, 0.5) is 0 Å². The number of esters is 1. The average molecular weight is 285 g/mol. The molecule has 0 bridgehead atoms. The summed E-state index contributed by atoms with van der Waals surface area (Å²) in [6.07, 6.45) is 3.21. The normalized spacial score (nSPS) is 12.4. The molecule has 1 aromatic carbocycles. The molecule has 4 heteroatoms. The van der Waals surface area contributed by atoms with Gasteiger partial charge in [0.15, 0.2) is 0 Å². The van der Waals surface area contributed by atoms with E-state index in [9.17, 15) is 4.79 Å². The Balaban J connectivity index is 2.92. The number of halogens is 2. The van der Waals surface area contributed by atoms with Crippen molar-refractivity contribution in [3.8, 4) is 0 Å². The fourth-order valence-corrected chi connectivity index (χ4v) is 1.67. The van der Waals surface area contributed by atoms with Gasteiger partial charge in [0.2, 0.25) is 0 Å². The second-order valence-electron chi connectivity index (χ2n) is 3.70. The summed E-state index contributed by atoms with van der Waals surface area (Å²) >= 11 is 11.8. The molecule has 0 spiro atoms. The lowest BCUT2D eigenvalue weighted by molar-refractivity contribution is -0.135. The van der Waals surface area contributed by atoms with Crippen molar-refractivity contribution in [2.45, 2.75) is 6.92 Å². The van der Waals surface area contributed by atoms with Crippen LogP contribution in [0.5, 0.6) is 0 Å². The number of methoxy groups -OCH3 is 1. The Morgan fingerprint density at radius 3 is 2.39 bits per heavy atom. The lowest BCUT2D eigenvalue weighted by atomic mass is 10.1. The Bertz CT molecular complexity index is 473. The van der Waals surface area contributed by atoms with Gasteiger partial charge in [0.1, 0.15) is 0 Å². The summed E-state index contributed by atoms with van der Waals surface area (Å²) in [6, 6.07) is 7.77. The third-order valence-electron chi connectivity index (χ3n) is 2.35. The van der Waals surface area contributed by atoms with Crippen molar-refractivity contribution in [2.24, 2.45) is 0 Å². The Morgan fingerprint density at radius 2 is 1.89 bits per heavy atom. The van der Waals surface area contributed by atoms with Gasteiger partial charge in [0, 0.05) is 5.03 Å². The highest BCUT2D eigenvalue weighted by molar-refractivity contribution is 6.48. The van der Waals surface area contributed by atoms with E-state index < -0.39 is 5.97 Å². The van der Waals surface area contributed by atoms with E-state index in [2.05, 4.69) is 4.74 Å². The van der Waals surface area contributed by atoms with Crippen LogP contribution in [0.25, 0.3) is 5.03 Å². The molecular formula is C14H14Cl2O2. The molecule has 0 atom stereocenters. The van der Waals surface area contributed by atoms with Gasteiger partial charge in [-0.2, -0.15) is 0 Å². The molecule has 0 aliphatic heterocycles. The summed E-state index contributed by atoms with van der Waals surface area (Å²) < 4.78 is 4.59. The second kappa shape index (κ2) is 7.24. The van der Waals surface area contributed by atoms with Crippen molar-refractivity contribution in [1.29, 1.82) is 0 Å². The highest BCUT2D eigenvalue weighted by atomic mass is 35.5. The molecule has 2 nitrogen and oxygen atoms in total. The smallest absolute Gasteiger partial charge is 0.334 e. The topological polar surface area (TPSA) is 26.3 Å². The van der Waals surface area contributed by atoms with Crippen molar-refractivity contribution in [3.05, 3.63) is 53.1 Å². The third kappa shape index (κ3) is 4.21. The summed E-state index contributed by atoms with van der Waals surface area (Å²) in [5.74, 6) is -0.365. The van der Waals surface area contributed by atoms with Crippen molar-refractivity contribution in [3.63, 3.8) is 0 Å². The number of hydrogen-bond donors (Lipinski definition) is 0. The maximum Gasteiger partial charge on any atom is 0.334 e. The van der Waals surface area contributed by atoms with Gasteiger partial charge in [-0.1, -0.05) is 41.4 Å². The summed E-state index contributed by atoms with van der Waals surface area (Å²) in [4.78, 5) is 11.3. The highest BCUT2D eigenvalue weighted by Gasteiger charge is 2.06. The summed E-state index contributed by atoms with van der Waals surface area (Å²) in [5.41, 5.74) is 2.41. The van der Waals surface area contributed by atoms with Crippen LogP contribution in [-0.2, 0) is 9.53 Å². The van der Waals surface area contributed by atoms with Gasteiger partial charge in [-0.25, -0.2) is 4.79 Å². The van der Waals surface area contributed by atoms with E-state index in [1.54, 1.807) is 12.2 Å². The Labute approximate surface area is 117 Å². The molecule has 18 heavy (non-hydrogen) atoms. The maximum atomic E-state index is 11.3. The predicted octanol–water partition coefficient (Wildman–Crippen LogP) is 3.91. The van der Waals surface area contributed by atoms with Crippen LogP contribution < -0.4 is 0 Å². The Hall–Kier alpha value is -1.25. The van der Waals surface area contributed by atoms with Gasteiger partial charge in [0.05, 0.1) is 18.6 Å². The van der Waals surface area contributed by atoms with E-state index in [1.165, 1.54) is 7.11 Å². The largest absolute Gasteiger partial charge is 0.466 e. The second-order valence-corrected chi connectivity index (χ2v) is 4.37. The Morgan fingerprint density at radius 1 is 1.28 bits per heavy atom. The SMILES string of the molecule is COC(=O)C(=CC=C(Cl)c1ccc(C)cc1)CCl. The van der Waals surface area contributed by atoms with E-state index in [-0.39, 0.29) is 5.88 Å². The standard InChI is InChI=1S/C14H14Cl2O2/c1-10-3-5-11(6-4-10)13(16)8-7-12(9-15)14(17)18-2/h3-8H,9H2,1-2H3. The summed E-state index contributed by atoms with van der Waals surface area (Å²) in [6.45, 7) is 2.00. The zero-order chi connectivity index (χ0) is 13.5. The van der Waals surface area contributed by atoms with Gasteiger partial charge < -0.3 is 4.74 Å². The van der Waals surface area contributed by atoms with E-state index in [0.717, 1.165) is 11.1 Å². The molecule has 0 saturated carbocycles. The lowest BCUT2D eigenvalue weighted by Gasteiger charge is -2.01. The number of alkyl halides is 1. The minimum atomic E-state index is -0.449. The zero-order valence-electron chi connectivity index (χ0n) is 10.2. The highest BCUT2D eigenvalue weighted by Crippen LogP contribution is 2.19. The fourth-order valence-electron chi connectivity index (χ4n) is 1.28. The van der Waals surface area contributed by atoms with E-state index >= 15 is 0 Å². The molecule has 0 aromatic heterocycles. The molecule has 0 unspecified atom stereocenters. The van der Waals surface area contributed by atoms with Crippen LogP contribution in [0.1, 0.15) is 11.1 Å². The van der Waals surface area contributed by atoms with Gasteiger partial charge in [-0.05, 0) is 24.6 Å². The maximum absolute atomic E-state index is 11.3. The minimum Gasteiger partial charge on any atom is -0.466 e. The molecular weight excluding hydrogens is 271 g/mol. The predicted molar refractivity (Wildman–Crippen MR) is 75.8 cm³/mol. The van der Waals surface area contributed by atoms with Crippen molar-refractivity contribution >= 4 is 34.2 Å².